The Morgan fingerprint density at radius 2 is 2.33 bits per heavy atom. The number of rotatable bonds is 3. The van der Waals surface area contributed by atoms with Gasteiger partial charge in [0.05, 0.1) is 10.7 Å². The van der Waals surface area contributed by atoms with E-state index in [0.29, 0.717) is 10.7 Å². The fourth-order valence-corrected chi connectivity index (χ4v) is 1.13. The van der Waals surface area contributed by atoms with Crippen molar-refractivity contribution in [3.63, 3.8) is 0 Å². The highest BCUT2D eigenvalue weighted by Gasteiger charge is 2.04. The van der Waals surface area contributed by atoms with Crippen LogP contribution in [0.2, 0.25) is 5.02 Å². The second-order valence-corrected chi connectivity index (χ2v) is 3.14. The van der Waals surface area contributed by atoms with Gasteiger partial charge in [-0.1, -0.05) is 24.9 Å². The van der Waals surface area contributed by atoms with Crippen molar-refractivity contribution in [3.8, 4) is 5.75 Å². The summed E-state index contributed by atoms with van der Waals surface area (Å²) in [5, 5.41) is 11.6. The van der Waals surface area contributed by atoms with Gasteiger partial charge >= 0.3 is 0 Å². The smallest absolute Gasteiger partial charge is 0.201 e. The average Bonchev–Trinajstić information content (AvgIpc) is 2.03. The maximum atomic E-state index is 11.2. The number of hydrogen-bond acceptors (Lipinski definition) is 1. The SMILES string of the molecule is CCCCc1ncc(Cl)cc1[O]. The summed E-state index contributed by atoms with van der Waals surface area (Å²) < 4.78 is 0. The summed E-state index contributed by atoms with van der Waals surface area (Å²) in [5.41, 5.74) is 0.626. The summed E-state index contributed by atoms with van der Waals surface area (Å²) in [5.74, 6) is -0.0454. The van der Waals surface area contributed by atoms with E-state index in [1.807, 2.05) is 0 Å². The van der Waals surface area contributed by atoms with E-state index in [-0.39, 0.29) is 5.75 Å². The number of halogens is 1. The molecule has 0 saturated carbocycles. The molecule has 0 spiro atoms. The molecule has 0 aromatic carbocycles. The lowest BCUT2D eigenvalue weighted by Crippen LogP contribution is -1.89. The number of aryl methyl sites for hydroxylation is 1. The highest BCUT2D eigenvalue weighted by molar-refractivity contribution is 6.30. The number of pyridine rings is 1. The van der Waals surface area contributed by atoms with Gasteiger partial charge in [-0.05, 0) is 12.8 Å². The van der Waals surface area contributed by atoms with Crippen LogP contribution in [0.5, 0.6) is 5.75 Å². The van der Waals surface area contributed by atoms with E-state index in [0.717, 1.165) is 19.3 Å². The molecule has 12 heavy (non-hydrogen) atoms. The number of aromatic nitrogens is 1. The topological polar surface area (TPSA) is 32.8 Å². The van der Waals surface area contributed by atoms with Crippen LogP contribution in [0.3, 0.4) is 0 Å². The summed E-state index contributed by atoms with van der Waals surface area (Å²) in [7, 11) is 0. The minimum Gasteiger partial charge on any atom is -0.288 e. The molecule has 0 aliphatic heterocycles. The van der Waals surface area contributed by atoms with Crippen molar-refractivity contribution in [1.29, 1.82) is 0 Å². The lowest BCUT2D eigenvalue weighted by atomic mass is 10.2. The fourth-order valence-electron chi connectivity index (χ4n) is 0.981. The number of hydrogen-bond donors (Lipinski definition) is 0. The van der Waals surface area contributed by atoms with Gasteiger partial charge < -0.3 is 0 Å². The summed E-state index contributed by atoms with van der Waals surface area (Å²) >= 11 is 5.59. The van der Waals surface area contributed by atoms with E-state index in [9.17, 15) is 5.11 Å². The predicted molar refractivity (Wildman–Crippen MR) is 48.0 cm³/mol. The lowest BCUT2D eigenvalue weighted by Gasteiger charge is -1.99. The quantitative estimate of drug-likeness (QED) is 0.710. The van der Waals surface area contributed by atoms with Crippen molar-refractivity contribution in [2.45, 2.75) is 26.2 Å². The van der Waals surface area contributed by atoms with E-state index in [2.05, 4.69) is 11.9 Å². The van der Waals surface area contributed by atoms with Crippen LogP contribution in [0, 0.1) is 0 Å². The van der Waals surface area contributed by atoms with Gasteiger partial charge in [0.2, 0.25) is 5.75 Å². The van der Waals surface area contributed by atoms with Gasteiger partial charge in [0, 0.05) is 12.3 Å². The first kappa shape index (κ1) is 9.33. The van der Waals surface area contributed by atoms with Crippen LogP contribution in [0.4, 0.5) is 0 Å². The molecule has 0 saturated heterocycles. The summed E-state index contributed by atoms with van der Waals surface area (Å²) in [6.07, 6.45) is 4.36. The molecule has 3 heteroatoms. The van der Waals surface area contributed by atoms with E-state index >= 15 is 0 Å². The van der Waals surface area contributed by atoms with Crippen LogP contribution in [-0.4, -0.2) is 4.98 Å². The lowest BCUT2D eigenvalue weighted by molar-refractivity contribution is 0.346. The Bertz CT molecular complexity index is 263. The van der Waals surface area contributed by atoms with Crippen molar-refractivity contribution in [2.75, 3.05) is 0 Å². The summed E-state index contributed by atoms with van der Waals surface area (Å²) in [6.45, 7) is 2.08. The zero-order valence-electron chi connectivity index (χ0n) is 7.01. The minimum absolute atomic E-state index is 0.0454. The van der Waals surface area contributed by atoms with E-state index in [1.54, 1.807) is 0 Å². The van der Waals surface area contributed by atoms with Crippen molar-refractivity contribution in [3.05, 3.63) is 23.0 Å². The normalized spacial score (nSPS) is 10.2. The van der Waals surface area contributed by atoms with Gasteiger partial charge in [-0.2, -0.15) is 0 Å². The molecule has 0 aliphatic rings. The third kappa shape index (κ3) is 2.38. The molecule has 0 amide bonds. The molecular formula is C9H11ClNO. The number of unbranched alkanes of at least 4 members (excludes halogenated alkanes) is 1. The molecule has 1 rings (SSSR count). The standard InChI is InChI=1S/C9H11ClNO/c1-2-3-4-8-9(12)5-7(10)6-11-8/h5-6H,2-4H2,1H3. The monoisotopic (exact) mass is 184 g/mol. The van der Waals surface area contributed by atoms with Gasteiger partial charge in [-0.3, -0.25) is 10.1 Å². The van der Waals surface area contributed by atoms with Gasteiger partial charge in [0.1, 0.15) is 0 Å². The summed E-state index contributed by atoms with van der Waals surface area (Å²) in [6, 6.07) is 1.42. The Morgan fingerprint density at radius 1 is 1.58 bits per heavy atom. The first-order chi connectivity index (χ1) is 5.74. The van der Waals surface area contributed by atoms with Gasteiger partial charge in [0.25, 0.3) is 0 Å². The molecule has 0 N–H and O–H groups in total. The molecule has 0 bridgehead atoms. The Kier molecular flexibility index (Phi) is 3.35. The van der Waals surface area contributed by atoms with Crippen LogP contribution in [0.25, 0.3) is 0 Å². The first-order valence-corrected chi connectivity index (χ1v) is 4.43. The second-order valence-electron chi connectivity index (χ2n) is 2.70. The van der Waals surface area contributed by atoms with Gasteiger partial charge in [-0.25, -0.2) is 0 Å². The Labute approximate surface area is 77.2 Å². The van der Waals surface area contributed by atoms with E-state index in [1.165, 1.54) is 12.3 Å². The maximum Gasteiger partial charge on any atom is 0.201 e. The Hall–Kier alpha value is -0.760. The zero-order chi connectivity index (χ0) is 8.97. The van der Waals surface area contributed by atoms with Crippen molar-refractivity contribution < 1.29 is 5.11 Å². The Morgan fingerprint density at radius 3 is 2.92 bits per heavy atom. The zero-order valence-corrected chi connectivity index (χ0v) is 7.77. The number of nitrogens with zero attached hydrogens (tertiary/aromatic N) is 1. The minimum atomic E-state index is -0.0454. The van der Waals surface area contributed by atoms with Gasteiger partial charge in [0.15, 0.2) is 0 Å². The average molecular weight is 185 g/mol. The van der Waals surface area contributed by atoms with Crippen molar-refractivity contribution in [1.82, 2.24) is 4.98 Å². The van der Waals surface area contributed by atoms with Crippen LogP contribution in [-0.2, 0) is 11.5 Å². The molecule has 65 valence electrons. The summed E-state index contributed by atoms with van der Waals surface area (Å²) in [4.78, 5) is 3.97. The molecule has 1 aromatic heterocycles. The molecular weight excluding hydrogens is 174 g/mol. The molecule has 0 unspecified atom stereocenters. The molecule has 1 heterocycles. The van der Waals surface area contributed by atoms with Crippen LogP contribution < -0.4 is 0 Å². The molecule has 0 fully saturated rings. The van der Waals surface area contributed by atoms with Crippen LogP contribution in [0.15, 0.2) is 12.3 Å². The van der Waals surface area contributed by atoms with E-state index in [4.69, 9.17) is 11.6 Å². The fraction of sp³-hybridized carbons (Fsp3) is 0.444. The third-order valence-corrected chi connectivity index (χ3v) is 1.87. The first-order valence-electron chi connectivity index (χ1n) is 4.05. The second kappa shape index (κ2) is 4.31. The largest absolute Gasteiger partial charge is 0.288 e. The highest BCUT2D eigenvalue weighted by atomic mass is 35.5. The van der Waals surface area contributed by atoms with Crippen molar-refractivity contribution >= 4 is 11.6 Å². The Balaban J connectivity index is 2.72. The predicted octanol–water partition coefficient (Wildman–Crippen LogP) is 3.22. The molecule has 0 aliphatic carbocycles. The molecule has 1 aromatic rings. The molecule has 1 radical (unpaired) electrons. The van der Waals surface area contributed by atoms with Gasteiger partial charge in [-0.15, -0.1) is 0 Å². The third-order valence-electron chi connectivity index (χ3n) is 1.66. The van der Waals surface area contributed by atoms with Crippen LogP contribution in [0.1, 0.15) is 25.5 Å². The van der Waals surface area contributed by atoms with E-state index < -0.39 is 0 Å². The van der Waals surface area contributed by atoms with Crippen molar-refractivity contribution in [2.24, 2.45) is 0 Å². The van der Waals surface area contributed by atoms with Crippen LogP contribution >= 0.6 is 11.6 Å². The molecule has 2 nitrogen and oxygen atoms in total. The maximum absolute atomic E-state index is 11.2. The highest BCUT2D eigenvalue weighted by Crippen LogP contribution is 2.21. The molecule has 0 atom stereocenters.